The Morgan fingerprint density at radius 1 is 0.829 bits per heavy atom. The molecule has 3 aromatic heterocycles. The van der Waals surface area contributed by atoms with E-state index in [9.17, 15) is 24.3 Å². The third kappa shape index (κ3) is 13.3. The Balaban J connectivity index is 0.653. The van der Waals surface area contributed by atoms with Crippen molar-refractivity contribution in [3.05, 3.63) is 76.5 Å². The van der Waals surface area contributed by atoms with Gasteiger partial charge in [-0.2, -0.15) is 4.98 Å². The van der Waals surface area contributed by atoms with Crippen molar-refractivity contribution in [3.8, 4) is 11.1 Å². The summed E-state index contributed by atoms with van der Waals surface area (Å²) >= 11 is 0. The average molecular weight is 963 g/mol. The number of rotatable bonds is 25. The number of aliphatic hydroxyl groups is 1. The van der Waals surface area contributed by atoms with E-state index in [0.29, 0.717) is 63.3 Å². The van der Waals surface area contributed by atoms with Gasteiger partial charge in [-0.25, -0.2) is 9.78 Å². The minimum absolute atomic E-state index is 0.0974. The molecule has 1 saturated carbocycles. The van der Waals surface area contributed by atoms with Crippen molar-refractivity contribution in [3.63, 3.8) is 0 Å². The largest absolute Gasteiger partial charge is 0.393 e. The molecule has 378 valence electrons. The van der Waals surface area contributed by atoms with Crippen molar-refractivity contribution in [2.75, 3.05) is 77.6 Å². The molecule has 2 saturated heterocycles. The zero-order valence-electron chi connectivity index (χ0n) is 41.3. The van der Waals surface area contributed by atoms with Crippen LogP contribution in [0.4, 0.5) is 5.95 Å². The van der Waals surface area contributed by atoms with Crippen molar-refractivity contribution in [1.82, 2.24) is 44.1 Å². The SMILES string of the molecule is CCCCNc1ncc2c(-c3ccc(CN4CCN(CCCC(=O)NCCCOCCCOCCCc5ccc6c(c5)n(C)c(=O)n6C5CCC(=O)NC5=O)CC4)cc3)cn(C3CCC(O)CC3)c2n1. The van der Waals surface area contributed by atoms with Gasteiger partial charge in [0.05, 0.1) is 17.1 Å². The summed E-state index contributed by atoms with van der Waals surface area (Å²) in [5.41, 5.74) is 6.84. The first-order valence-corrected chi connectivity index (χ1v) is 25.9. The molecule has 17 nitrogen and oxygen atoms in total. The Hall–Kier alpha value is -5.46. The number of carbonyl (C=O) groups excluding carboxylic acids is 3. The van der Waals surface area contributed by atoms with Crippen molar-refractivity contribution < 1.29 is 29.0 Å². The van der Waals surface area contributed by atoms with E-state index < -0.39 is 11.9 Å². The summed E-state index contributed by atoms with van der Waals surface area (Å²) in [6.07, 6.45) is 14.8. The van der Waals surface area contributed by atoms with Crippen LogP contribution >= 0.6 is 0 Å². The number of imide groups is 1. The van der Waals surface area contributed by atoms with Crippen LogP contribution in [0.1, 0.15) is 114 Å². The summed E-state index contributed by atoms with van der Waals surface area (Å²) in [5.74, 6) is 0.0335. The molecule has 4 N–H and O–H groups in total. The summed E-state index contributed by atoms with van der Waals surface area (Å²) in [6, 6.07) is 14.5. The van der Waals surface area contributed by atoms with E-state index in [2.05, 4.69) is 67.7 Å². The number of piperidine rings is 1. The monoisotopic (exact) mass is 963 g/mol. The quantitative estimate of drug-likeness (QED) is 0.0403. The van der Waals surface area contributed by atoms with Crippen LogP contribution in [-0.4, -0.2) is 135 Å². The van der Waals surface area contributed by atoms with Gasteiger partial charge >= 0.3 is 5.69 Å². The topological polar surface area (TPSA) is 190 Å². The lowest BCUT2D eigenvalue weighted by Gasteiger charge is -2.34. The first-order chi connectivity index (χ1) is 34.1. The number of imidazole rings is 1. The Bertz CT molecular complexity index is 2570. The van der Waals surface area contributed by atoms with E-state index >= 15 is 0 Å². The molecule has 3 aliphatic rings. The number of benzene rings is 2. The highest BCUT2D eigenvalue weighted by Crippen LogP contribution is 2.37. The van der Waals surface area contributed by atoms with Gasteiger partial charge in [0.25, 0.3) is 0 Å². The van der Waals surface area contributed by atoms with Crippen LogP contribution in [0.25, 0.3) is 33.2 Å². The van der Waals surface area contributed by atoms with Gasteiger partial charge in [-0.05, 0) is 106 Å². The van der Waals surface area contributed by atoms with Crippen LogP contribution in [0.5, 0.6) is 0 Å². The number of carbonyl (C=O) groups is 3. The predicted molar refractivity (Wildman–Crippen MR) is 272 cm³/mol. The first kappa shape index (κ1) is 50.9. The van der Waals surface area contributed by atoms with Crippen LogP contribution in [0.3, 0.4) is 0 Å². The smallest absolute Gasteiger partial charge is 0.329 e. The van der Waals surface area contributed by atoms with Crippen molar-refractivity contribution in [2.24, 2.45) is 7.05 Å². The summed E-state index contributed by atoms with van der Waals surface area (Å²) in [4.78, 5) is 64.3. The summed E-state index contributed by atoms with van der Waals surface area (Å²) in [5, 5.41) is 20.0. The average Bonchev–Trinajstić information content (AvgIpc) is 3.86. The van der Waals surface area contributed by atoms with Gasteiger partial charge in [0.15, 0.2) is 0 Å². The maximum atomic E-state index is 13.0. The zero-order chi connectivity index (χ0) is 48.8. The fraction of sp³-hybridized carbons (Fsp3) is 0.585. The van der Waals surface area contributed by atoms with E-state index in [1.165, 1.54) is 10.1 Å². The third-order valence-electron chi connectivity index (χ3n) is 14.3. The molecule has 1 unspecified atom stereocenters. The molecule has 70 heavy (non-hydrogen) atoms. The van der Waals surface area contributed by atoms with Crippen LogP contribution in [-0.2, 0) is 43.9 Å². The zero-order valence-corrected chi connectivity index (χ0v) is 41.3. The van der Waals surface area contributed by atoms with Gasteiger partial charge in [-0.3, -0.25) is 33.7 Å². The molecule has 5 aromatic rings. The number of aromatic nitrogens is 5. The summed E-state index contributed by atoms with van der Waals surface area (Å²) < 4.78 is 17.0. The number of piperazine rings is 1. The Labute approximate surface area is 411 Å². The summed E-state index contributed by atoms with van der Waals surface area (Å²) in [7, 11) is 1.71. The van der Waals surface area contributed by atoms with Gasteiger partial charge in [0.2, 0.25) is 23.7 Å². The molecule has 17 heteroatoms. The number of amides is 3. The number of unbranched alkanes of at least 4 members (excludes halogenated alkanes) is 1. The minimum atomic E-state index is -0.690. The molecule has 5 heterocycles. The van der Waals surface area contributed by atoms with Crippen LogP contribution < -0.4 is 21.6 Å². The number of anilines is 1. The number of hydrogen-bond acceptors (Lipinski definition) is 12. The second-order valence-corrected chi connectivity index (χ2v) is 19.4. The van der Waals surface area contributed by atoms with Gasteiger partial charge in [0.1, 0.15) is 11.7 Å². The van der Waals surface area contributed by atoms with Crippen molar-refractivity contribution in [1.29, 1.82) is 0 Å². The van der Waals surface area contributed by atoms with E-state index in [-0.39, 0.29) is 30.0 Å². The fourth-order valence-electron chi connectivity index (χ4n) is 10.1. The molecule has 1 atom stereocenters. The molecule has 2 aromatic carbocycles. The molecule has 2 aliphatic heterocycles. The number of fused-ring (bicyclic) bond motifs is 2. The van der Waals surface area contributed by atoms with E-state index in [1.54, 1.807) is 11.6 Å². The van der Waals surface area contributed by atoms with Crippen LogP contribution in [0.15, 0.2) is 59.7 Å². The maximum Gasteiger partial charge on any atom is 0.329 e. The third-order valence-corrected chi connectivity index (χ3v) is 14.3. The number of aliphatic hydroxyl groups excluding tert-OH is 1. The molecule has 0 radical (unpaired) electrons. The molecule has 3 fully saturated rings. The Morgan fingerprint density at radius 2 is 1.56 bits per heavy atom. The predicted octanol–water partition coefficient (Wildman–Crippen LogP) is 5.88. The molecule has 1 aliphatic carbocycles. The molecule has 0 bridgehead atoms. The number of nitrogens with one attached hydrogen (secondary N) is 3. The molecular weight excluding hydrogens is 889 g/mol. The lowest BCUT2D eigenvalue weighted by atomic mass is 9.93. The maximum absolute atomic E-state index is 13.0. The van der Waals surface area contributed by atoms with Crippen molar-refractivity contribution >= 4 is 45.7 Å². The second-order valence-electron chi connectivity index (χ2n) is 19.4. The van der Waals surface area contributed by atoms with Crippen molar-refractivity contribution in [2.45, 2.75) is 122 Å². The van der Waals surface area contributed by atoms with Gasteiger partial charge in [-0.1, -0.05) is 43.7 Å². The first-order valence-electron chi connectivity index (χ1n) is 25.9. The van der Waals surface area contributed by atoms with Crippen LogP contribution in [0.2, 0.25) is 0 Å². The van der Waals surface area contributed by atoms with E-state index in [4.69, 9.17) is 19.4 Å². The fourth-order valence-corrected chi connectivity index (χ4v) is 10.1. The Kier molecular flexibility index (Phi) is 18.2. The minimum Gasteiger partial charge on any atom is -0.393 e. The Morgan fingerprint density at radius 3 is 2.31 bits per heavy atom. The number of aryl methyl sites for hydroxylation is 2. The van der Waals surface area contributed by atoms with Gasteiger partial charge < -0.3 is 34.7 Å². The second kappa shape index (κ2) is 25.1. The molecular formula is C53H74N10O7. The summed E-state index contributed by atoms with van der Waals surface area (Å²) in [6.45, 7) is 11.9. The molecule has 3 amide bonds. The highest BCUT2D eigenvalue weighted by atomic mass is 16.5. The van der Waals surface area contributed by atoms with E-state index in [0.717, 1.165) is 150 Å². The van der Waals surface area contributed by atoms with E-state index in [1.807, 2.05) is 24.4 Å². The van der Waals surface area contributed by atoms with Gasteiger partial charge in [-0.15, -0.1) is 0 Å². The number of nitrogens with zero attached hydrogens (tertiary/aromatic N) is 7. The van der Waals surface area contributed by atoms with Gasteiger partial charge in [0, 0.05) is 122 Å². The lowest BCUT2D eigenvalue weighted by molar-refractivity contribution is -0.135. The highest BCUT2D eigenvalue weighted by molar-refractivity contribution is 6.00. The molecule has 8 rings (SSSR count). The molecule has 0 spiro atoms. The number of ether oxygens (including phenoxy) is 2. The lowest BCUT2D eigenvalue weighted by Crippen LogP contribution is -2.46. The number of hydrogen-bond donors (Lipinski definition) is 4. The van der Waals surface area contributed by atoms with Crippen LogP contribution in [0, 0.1) is 0 Å². The normalized spacial score (nSPS) is 19.3. The standard InChI is InChI=1S/C53H74N10O7/c1-3-4-23-55-52-56-35-43-44(37-62(50(43)58-52)41-16-18-42(64)19-17-41)40-14-11-39(12-15-40)36-61-28-26-60(27-29-61)25-5-10-48(65)54-24-7-31-70-33-8-32-69-30-6-9-38-13-20-45-47(34-38)59(2)53(68)63(45)46-21-22-49(66)57-51(46)67/h11-15,20,34-35,37,41-42,46,64H,3-10,16-19,21-33,36H2,1-2H3,(H,54,65)(H,55,56,58)(H,57,66,67). The highest BCUT2D eigenvalue weighted by Gasteiger charge is 2.31.